The maximum Gasteiger partial charge on any atom is 0.348 e. The summed E-state index contributed by atoms with van der Waals surface area (Å²) in [5, 5.41) is 7.58. The second-order valence-electron chi connectivity index (χ2n) is 6.57. The monoisotopic (exact) mass is 431 g/mol. The SMILES string of the molecule is CCCc1cc(C(=O)OCC(=O)Nc2ccnn2Cc2cccc(Cl)c2)sc1C. The summed E-state index contributed by atoms with van der Waals surface area (Å²) in [4.78, 5) is 26.1. The van der Waals surface area contributed by atoms with Gasteiger partial charge in [0.05, 0.1) is 12.7 Å². The quantitative estimate of drug-likeness (QED) is 0.524. The summed E-state index contributed by atoms with van der Waals surface area (Å²) < 4.78 is 6.82. The maximum atomic E-state index is 12.2. The van der Waals surface area contributed by atoms with Crippen LogP contribution in [0.1, 0.15) is 39.0 Å². The number of aromatic nitrogens is 2. The Morgan fingerprint density at radius 3 is 2.86 bits per heavy atom. The second kappa shape index (κ2) is 9.71. The van der Waals surface area contributed by atoms with Crippen LogP contribution in [0.2, 0.25) is 5.02 Å². The number of amides is 1. The first-order valence-corrected chi connectivity index (χ1v) is 10.5. The van der Waals surface area contributed by atoms with E-state index in [4.69, 9.17) is 16.3 Å². The molecular weight excluding hydrogens is 410 g/mol. The fourth-order valence-corrected chi connectivity index (χ4v) is 4.07. The van der Waals surface area contributed by atoms with Crippen molar-refractivity contribution in [2.45, 2.75) is 33.2 Å². The van der Waals surface area contributed by atoms with Crippen molar-refractivity contribution >= 4 is 40.6 Å². The van der Waals surface area contributed by atoms with Gasteiger partial charge in [-0.15, -0.1) is 11.3 Å². The van der Waals surface area contributed by atoms with E-state index in [0.717, 1.165) is 28.8 Å². The number of rotatable bonds is 8. The van der Waals surface area contributed by atoms with Crippen LogP contribution in [0, 0.1) is 6.92 Å². The minimum Gasteiger partial charge on any atom is -0.451 e. The first-order chi connectivity index (χ1) is 14.0. The molecule has 2 aromatic heterocycles. The van der Waals surface area contributed by atoms with Crippen LogP contribution < -0.4 is 5.32 Å². The van der Waals surface area contributed by atoms with Crippen molar-refractivity contribution in [3.63, 3.8) is 0 Å². The van der Waals surface area contributed by atoms with Gasteiger partial charge in [-0.05, 0) is 42.7 Å². The number of benzene rings is 1. The van der Waals surface area contributed by atoms with Crippen molar-refractivity contribution in [3.05, 3.63) is 68.5 Å². The van der Waals surface area contributed by atoms with Gasteiger partial charge in [-0.25, -0.2) is 9.48 Å². The Kier molecular flexibility index (Phi) is 7.06. The molecule has 0 spiro atoms. The zero-order valence-corrected chi connectivity index (χ0v) is 17.8. The maximum absolute atomic E-state index is 12.2. The summed E-state index contributed by atoms with van der Waals surface area (Å²) in [7, 11) is 0. The molecule has 8 heteroatoms. The number of nitrogens with zero attached hydrogens (tertiary/aromatic N) is 2. The molecule has 1 aromatic carbocycles. The lowest BCUT2D eigenvalue weighted by atomic mass is 10.1. The van der Waals surface area contributed by atoms with Gasteiger partial charge >= 0.3 is 5.97 Å². The van der Waals surface area contributed by atoms with Gasteiger partial charge in [-0.1, -0.05) is 37.1 Å². The van der Waals surface area contributed by atoms with Crippen LogP contribution in [0.25, 0.3) is 0 Å². The number of carbonyl (C=O) groups is 2. The Morgan fingerprint density at radius 2 is 2.10 bits per heavy atom. The molecule has 0 atom stereocenters. The Balaban J connectivity index is 1.55. The molecule has 29 heavy (non-hydrogen) atoms. The third-order valence-corrected chi connectivity index (χ3v) is 5.59. The highest BCUT2D eigenvalue weighted by atomic mass is 35.5. The van der Waals surface area contributed by atoms with Crippen molar-refractivity contribution in [2.24, 2.45) is 0 Å². The number of thiophene rings is 1. The van der Waals surface area contributed by atoms with E-state index in [-0.39, 0.29) is 6.61 Å². The number of aryl methyl sites for hydroxylation is 2. The molecular formula is C21H22ClN3O3S. The van der Waals surface area contributed by atoms with Crippen LogP contribution in [0.15, 0.2) is 42.6 Å². The van der Waals surface area contributed by atoms with Crippen molar-refractivity contribution in [3.8, 4) is 0 Å². The van der Waals surface area contributed by atoms with Crippen molar-refractivity contribution in [1.82, 2.24) is 9.78 Å². The van der Waals surface area contributed by atoms with E-state index in [2.05, 4.69) is 17.3 Å². The van der Waals surface area contributed by atoms with Gasteiger partial charge in [0.15, 0.2) is 6.61 Å². The van der Waals surface area contributed by atoms with E-state index in [0.29, 0.717) is 22.3 Å². The van der Waals surface area contributed by atoms with E-state index in [9.17, 15) is 9.59 Å². The van der Waals surface area contributed by atoms with E-state index in [1.165, 1.54) is 11.3 Å². The molecule has 0 aliphatic rings. The van der Waals surface area contributed by atoms with E-state index < -0.39 is 11.9 Å². The van der Waals surface area contributed by atoms with Crippen LogP contribution >= 0.6 is 22.9 Å². The summed E-state index contributed by atoms with van der Waals surface area (Å²) in [5.41, 5.74) is 2.11. The molecule has 1 N–H and O–H groups in total. The van der Waals surface area contributed by atoms with Gasteiger partial charge in [-0.3, -0.25) is 4.79 Å². The number of hydrogen-bond donors (Lipinski definition) is 1. The molecule has 0 bridgehead atoms. The number of esters is 1. The number of anilines is 1. The lowest BCUT2D eigenvalue weighted by Gasteiger charge is -2.09. The Hall–Kier alpha value is -2.64. The first kappa shape index (κ1) is 21.1. The summed E-state index contributed by atoms with van der Waals surface area (Å²) >= 11 is 7.41. The summed E-state index contributed by atoms with van der Waals surface area (Å²) in [6, 6.07) is 11.0. The van der Waals surface area contributed by atoms with Crippen LogP contribution in [0.5, 0.6) is 0 Å². The Labute approximate surface area is 178 Å². The number of hydrogen-bond acceptors (Lipinski definition) is 5. The normalized spacial score (nSPS) is 10.7. The fraction of sp³-hybridized carbons (Fsp3) is 0.286. The molecule has 3 rings (SSSR count). The van der Waals surface area contributed by atoms with E-state index >= 15 is 0 Å². The van der Waals surface area contributed by atoms with Gasteiger partial charge in [-0.2, -0.15) is 5.10 Å². The molecule has 3 aromatic rings. The molecule has 2 heterocycles. The number of halogens is 1. The highest BCUT2D eigenvalue weighted by Crippen LogP contribution is 2.23. The standard InChI is InChI=1S/C21H22ClN3O3S/c1-3-5-16-11-18(29-14(16)2)21(27)28-13-20(26)24-19-8-9-23-25(19)12-15-6-4-7-17(22)10-15/h4,6-11H,3,5,12-13H2,1-2H3,(H,24,26). The zero-order chi connectivity index (χ0) is 20.8. The topological polar surface area (TPSA) is 73.2 Å². The smallest absolute Gasteiger partial charge is 0.348 e. The highest BCUT2D eigenvalue weighted by molar-refractivity contribution is 7.14. The molecule has 0 saturated carbocycles. The van der Waals surface area contributed by atoms with E-state index in [1.807, 2.05) is 31.2 Å². The van der Waals surface area contributed by atoms with Gasteiger partial charge in [0.1, 0.15) is 10.7 Å². The van der Waals surface area contributed by atoms with Crippen LogP contribution in [0.3, 0.4) is 0 Å². The molecule has 0 radical (unpaired) electrons. The third kappa shape index (κ3) is 5.68. The third-order valence-electron chi connectivity index (χ3n) is 4.28. The summed E-state index contributed by atoms with van der Waals surface area (Å²) in [6.45, 7) is 4.18. The molecule has 0 saturated heterocycles. The summed E-state index contributed by atoms with van der Waals surface area (Å²) in [6.07, 6.45) is 3.53. The zero-order valence-electron chi connectivity index (χ0n) is 16.3. The highest BCUT2D eigenvalue weighted by Gasteiger charge is 2.16. The average molecular weight is 432 g/mol. The van der Waals surface area contributed by atoms with Crippen molar-refractivity contribution < 1.29 is 14.3 Å². The lowest BCUT2D eigenvalue weighted by molar-refractivity contribution is -0.119. The number of nitrogens with one attached hydrogen (secondary N) is 1. The fourth-order valence-electron chi connectivity index (χ4n) is 2.89. The largest absolute Gasteiger partial charge is 0.451 e. The molecule has 0 aliphatic carbocycles. The molecule has 6 nitrogen and oxygen atoms in total. The Bertz CT molecular complexity index is 1010. The number of ether oxygens (including phenoxy) is 1. The molecule has 0 fully saturated rings. The van der Waals surface area contributed by atoms with Crippen molar-refractivity contribution in [2.75, 3.05) is 11.9 Å². The van der Waals surface area contributed by atoms with Crippen LogP contribution in [0.4, 0.5) is 5.82 Å². The summed E-state index contributed by atoms with van der Waals surface area (Å²) in [5.74, 6) is -0.389. The number of carbonyl (C=O) groups excluding carboxylic acids is 2. The molecule has 0 aliphatic heterocycles. The first-order valence-electron chi connectivity index (χ1n) is 9.28. The lowest BCUT2D eigenvalue weighted by Crippen LogP contribution is -2.22. The van der Waals surface area contributed by atoms with Crippen molar-refractivity contribution in [1.29, 1.82) is 0 Å². The van der Waals surface area contributed by atoms with Gasteiger partial charge in [0.2, 0.25) is 0 Å². The Morgan fingerprint density at radius 1 is 1.28 bits per heavy atom. The predicted octanol–water partition coefficient (Wildman–Crippen LogP) is 4.70. The molecule has 0 unspecified atom stereocenters. The second-order valence-corrected chi connectivity index (χ2v) is 8.26. The molecule has 152 valence electrons. The van der Waals surface area contributed by atoms with E-state index in [1.54, 1.807) is 23.0 Å². The average Bonchev–Trinajstić information content (AvgIpc) is 3.27. The minimum atomic E-state index is -0.483. The predicted molar refractivity (Wildman–Crippen MR) is 115 cm³/mol. The minimum absolute atomic E-state index is 0.360. The molecule has 1 amide bonds. The van der Waals surface area contributed by atoms with Gasteiger partial charge in [0, 0.05) is 16.0 Å². The van der Waals surface area contributed by atoms with Gasteiger partial charge in [0.25, 0.3) is 5.91 Å². The van der Waals surface area contributed by atoms with Crippen LogP contribution in [-0.4, -0.2) is 28.3 Å². The van der Waals surface area contributed by atoms with Crippen LogP contribution in [-0.2, 0) is 22.5 Å². The van der Waals surface area contributed by atoms with Gasteiger partial charge < -0.3 is 10.1 Å².